The third-order valence-electron chi connectivity index (χ3n) is 3.22. The second kappa shape index (κ2) is 6.83. The second-order valence-electron chi connectivity index (χ2n) is 4.61. The molecule has 21 heavy (non-hydrogen) atoms. The monoisotopic (exact) mass is 308 g/mol. The Balaban J connectivity index is 2.73. The largest absolute Gasteiger partial charge is 0.299 e. The molecule has 0 amide bonds. The molecule has 0 spiro atoms. The molecule has 6 heteroatoms. The average molecular weight is 309 g/mol. The number of alkyl halides is 1. The van der Waals surface area contributed by atoms with Crippen molar-refractivity contribution in [2.45, 2.75) is 13.1 Å². The summed E-state index contributed by atoms with van der Waals surface area (Å²) in [6, 6.07) is 6.71. The van der Waals surface area contributed by atoms with Crippen molar-refractivity contribution in [2.24, 2.45) is 9.98 Å². The standard InChI is InChI=1S/C15H18ClFN4/c1-10(19-3)20-15(8-16)21-11(9-18-2)7-12-13(17)5-4-6-14(12)21/h4-7,9-10,19H,8H2,1-3H3. The number of fused-ring (bicyclic) bond motifs is 1. The molecule has 1 N–H and O–H groups in total. The number of nitrogens with one attached hydrogen (secondary N) is 1. The van der Waals surface area contributed by atoms with Gasteiger partial charge in [0.25, 0.3) is 0 Å². The molecule has 1 atom stereocenters. The summed E-state index contributed by atoms with van der Waals surface area (Å²) in [6.45, 7) is 1.92. The minimum absolute atomic E-state index is 0.0869. The summed E-state index contributed by atoms with van der Waals surface area (Å²) in [5, 5.41) is 3.57. The Hall–Kier alpha value is -1.72. The molecule has 1 unspecified atom stereocenters. The molecule has 1 aromatic carbocycles. The Kier molecular flexibility index (Phi) is 5.09. The van der Waals surface area contributed by atoms with Gasteiger partial charge in [-0.1, -0.05) is 6.07 Å². The lowest BCUT2D eigenvalue weighted by atomic mass is 10.2. The van der Waals surface area contributed by atoms with Crippen LogP contribution in [-0.4, -0.2) is 42.8 Å². The Morgan fingerprint density at radius 2 is 2.29 bits per heavy atom. The van der Waals surface area contributed by atoms with Crippen LogP contribution in [0.15, 0.2) is 34.3 Å². The van der Waals surface area contributed by atoms with E-state index in [1.165, 1.54) is 6.07 Å². The molecule has 1 aromatic heterocycles. The third kappa shape index (κ3) is 3.14. The summed E-state index contributed by atoms with van der Waals surface area (Å²) in [6.07, 6.45) is 1.59. The van der Waals surface area contributed by atoms with Crippen LogP contribution in [-0.2, 0) is 0 Å². The van der Waals surface area contributed by atoms with Crippen LogP contribution in [0.2, 0.25) is 0 Å². The van der Waals surface area contributed by atoms with Gasteiger partial charge in [0.05, 0.1) is 23.3 Å². The molecular formula is C15H18ClFN4. The zero-order valence-corrected chi connectivity index (χ0v) is 13.0. The van der Waals surface area contributed by atoms with Gasteiger partial charge >= 0.3 is 0 Å². The fraction of sp³-hybridized carbons (Fsp3) is 0.333. The minimum atomic E-state index is -0.271. The van der Waals surface area contributed by atoms with Gasteiger partial charge in [-0.3, -0.25) is 19.9 Å². The molecule has 2 aromatic rings. The maximum atomic E-state index is 14.0. The van der Waals surface area contributed by atoms with E-state index in [1.807, 2.05) is 24.6 Å². The predicted octanol–water partition coefficient (Wildman–Crippen LogP) is 2.88. The summed E-state index contributed by atoms with van der Waals surface area (Å²) in [5.41, 5.74) is 1.48. The van der Waals surface area contributed by atoms with E-state index in [4.69, 9.17) is 11.6 Å². The summed E-state index contributed by atoms with van der Waals surface area (Å²) < 4.78 is 15.8. The van der Waals surface area contributed by atoms with Crippen LogP contribution in [0.1, 0.15) is 12.6 Å². The highest BCUT2D eigenvalue weighted by Gasteiger charge is 2.15. The molecule has 0 saturated heterocycles. The maximum Gasteiger partial charge on any atom is 0.132 e. The quantitative estimate of drug-likeness (QED) is 0.527. The van der Waals surface area contributed by atoms with Crippen LogP contribution in [0.25, 0.3) is 10.9 Å². The summed E-state index contributed by atoms with van der Waals surface area (Å²) >= 11 is 6.05. The van der Waals surface area contributed by atoms with E-state index in [0.29, 0.717) is 11.2 Å². The van der Waals surface area contributed by atoms with E-state index in [0.717, 1.165) is 11.2 Å². The number of aliphatic imine (C=N–C) groups is 2. The van der Waals surface area contributed by atoms with E-state index >= 15 is 0 Å². The van der Waals surface area contributed by atoms with Gasteiger partial charge in [0.15, 0.2) is 0 Å². The van der Waals surface area contributed by atoms with Gasteiger partial charge < -0.3 is 0 Å². The van der Waals surface area contributed by atoms with E-state index in [9.17, 15) is 4.39 Å². The highest BCUT2D eigenvalue weighted by molar-refractivity contribution is 6.29. The van der Waals surface area contributed by atoms with Gasteiger partial charge in [-0.05, 0) is 32.2 Å². The first-order valence-electron chi connectivity index (χ1n) is 6.64. The summed E-state index contributed by atoms with van der Waals surface area (Å²) in [7, 11) is 3.49. The van der Waals surface area contributed by atoms with Crippen molar-refractivity contribution < 1.29 is 4.39 Å². The SMILES string of the molecule is CN=Cc1cc2c(F)cccc2n1C(CCl)=NC(C)NC. The third-order valence-corrected chi connectivity index (χ3v) is 3.46. The number of hydrogen-bond acceptors (Lipinski definition) is 3. The average Bonchev–Trinajstić information content (AvgIpc) is 2.84. The van der Waals surface area contributed by atoms with Crippen LogP contribution in [0.4, 0.5) is 4.39 Å². The van der Waals surface area contributed by atoms with Crippen molar-refractivity contribution >= 4 is 34.6 Å². The fourth-order valence-corrected chi connectivity index (χ4v) is 2.36. The van der Waals surface area contributed by atoms with Crippen molar-refractivity contribution in [1.29, 1.82) is 0 Å². The highest BCUT2D eigenvalue weighted by Crippen LogP contribution is 2.22. The second-order valence-corrected chi connectivity index (χ2v) is 4.88. The maximum absolute atomic E-state index is 14.0. The predicted molar refractivity (Wildman–Crippen MR) is 87.5 cm³/mol. The molecule has 0 bridgehead atoms. The Bertz CT molecular complexity index is 690. The molecule has 0 radical (unpaired) electrons. The number of halogens is 2. The van der Waals surface area contributed by atoms with Crippen LogP contribution in [0, 0.1) is 5.82 Å². The lowest BCUT2D eigenvalue weighted by Gasteiger charge is -2.12. The van der Waals surface area contributed by atoms with Crippen molar-refractivity contribution in [3.8, 4) is 0 Å². The molecule has 0 aliphatic rings. The van der Waals surface area contributed by atoms with Crippen molar-refractivity contribution in [3.63, 3.8) is 0 Å². The molecule has 0 saturated carbocycles. The van der Waals surface area contributed by atoms with Crippen molar-refractivity contribution in [3.05, 3.63) is 35.8 Å². The Morgan fingerprint density at radius 1 is 1.52 bits per heavy atom. The molecule has 0 aliphatic heterocycles. The van der Waals surface area contributed by atoms with Gasteiger partial charge in [0.2, 0.25) is 0 Å². The van der Waals surface area contributed by atoms with Crippen LogP contribution in [0.3, 0.4) is 0 Å². The van der Waals surface area contributed by atoms with E-state index in [1.54, 1.807) is 25.4 Å². The van der Waals surface area contributed by atoms with Crippen LogP contribution < -0.4 is 5.32 Å². The topological polar surface area (TPSA) is 41.7 Å². The zero-order chi connectivity index (χ0) is 15.4. The molecular weight excluding hydrogens is 291 g/mol. The number of rotatable bonds is 4. The number of benzene rings is 1. The lowest BCUT2D eigenvalue weighted by molar-refractivity contribution is 0.638. The highest BCUT2D eigenvalue weighted by atomic mass is 35.5. The van der Waals surface area contributed by atoms with Crippen LogP contribution in [0.5, 0.6) is 0 Å². The number of aromatic nitrogens is 1. The van der Waals surface area contributed by atoms with Gasteiger partial charge in [0, 0.05) is 18.6 Å². The fourth-order valence-electron chi connectivity index (χ4n) is 2.17. The molecule has 0 fully saturated rings. The van der Waals surface area contributed by atoms with E-state index in [2.05, 4.69) is 15.3 Å². The molecule has 0 aliphatic carbocycles. The minimum Gasteiger partial charge on any atom is -0.299 e. The Labute approximate surface area is 128 Å². The molecule has 2 rings (SSSR count). The van der Waals surface area contributed by atoms with Gasteiger partial charge in [0.1, 0.15) is 11.7 Å². The first kappa shape index (κ1) is 15.7. The van der Waals surface area contributed by atoms with Gasteiger partial charge in [-0.15, -0.1) is 11.6 Å². The molecule has 112 valence electrons. The molecule has 1 heterocycles. The van der Waals surface area contributed by atoms with E-state index < -0.39 is 0 Å². The summed E-state index contributed by atoms with van der Waals surface area (Å²) in [4.78, 5) is 8.56. The normalized spacial score (nSPS) is 14.2. The Morgan fingerprint density at radius 3 is 2.90 bits per heavy atom. The van der Waals surface area contributed by atoms with Crippen LogP contribution >= 0.6 is 11.6 Å². The van der Waals surface area contributed by atoms with E-state index in [-0.39, 0.29) is 17.9 Å². The first-order valence-corrected chi connectivity index (χ1v) is 7.18. The lowest BCUT2D eigenvalue weighted by Crippen LogP contribution is -2.25. The molecule has 4 nitrogen and oxygen atoms in total. The number of nitrogens with zero attached hydrogens (tertiary/aromatic N) is 3. The van der Waals surface area contributed by atoms with Crippen molar-refractivity contribution in [2.75, 3.05) is 20.0 Å². The first-order chi connectivity index (χ1) is 10.1. The zero-order valence-electron chi connectivity index (χ0n) is 12.3. The van der Waals surface area contributed by atoms with Gasteiger partial charge in [-0.25, -0.2) is 4.39 Å². The number of hydrogen-bond donors (Lipinski definition) is 1. The van der Waals surface area contributed by atoms with Crippen molar-refractivity contribution in [1.82, 2.24) is 9.88 Å². The summed E-state index contributed by atoms with van der Waals surface area (Å²) in [5.74, 6) is 0.596. The van der Waals surface area contributed by atoms with Gasteiger partial charge in [-0.2, -0.15) is 0 Å². The smallest absolute Gasteiger partial charge is 0.132 e.